The number of carbonyl (C=O) groups is 1. The summed E-state index contributed by atoms with van der Waals surface area (Å²) in [6.07, 6.45) is 0.198. The topological polar surface area (TPSA) is 59.3 Å². The maximum Gasteiger partial charge on any atom is 0.309 e. The molecular formula is C19H19NO3. The molecule has 0 fully saturated rings. The van der Waals surface area contributed by atoms with Gasteiger partial charge in [0.1, 0.15) is 12.4 Å². The van der Waals surface area contributed by atoms with Crippen molar-refractivity contribution in [3.8, 4) is 11.8 Å². The number of nitriles is 1. The van der Waals surface area contributed by atoms with E-state index in [4.69, 9.17) is 14.7 Å². The standard InChI is InChI=1S/C19H19NO3/c1-14-3-4-15(2)18(11-14)22-10-9-19(21)23-13-17-7-5-16(12-20)6-8-17/h3-8,11H,9-10,13H2,1-2H3. The highest BCUT2D eigenvalue weighted by molar-refractivity contribution is 5.69. The van der Waals surface area contributed by atoms with Crippen LogP contribution in [-0.4, -0.2) is 12.6 Å². The number of nitrogens with zero attached hydrogens (tertiary/aromatic N) is 1. The lowest BCUT2D eigenvalue weighted by Gasteiger charge is -2.10. The summed E-state index contributed by atoms with van der Waals surface area (Å²) in [7, 11) is 0. The van der Waals surface area contributed by atoms with Crippen LogP contribution in [0.5, 0.6) is 5.75 Å². The van der Waals surface area contributed by atoms with E-state index in [2.05, 4.69) is 0 Å². The first kappa shape index (κ1) is 16.6. The van der Waals surface area contributed by atoms with Gasteiger partial charge < -0.3 is 9.47 Å². The van der Waals surface area contributed by atoms with E-state index in [0.29, 0.717) is 5.56 Å². The van der Waals surface area contributed by atoms with E-state index in [0.717, 1.165) is 22.4 Å². The summed E-state index contributed by atoms with van der Waals surface area (Å²) >= 11 is 0. The summed E-state index contributed by atoms with van der Waals surface area (Å²) in [5.41, 5.74) is 3.60. The minimum absolute atomic E-state index is 0.198. The van der Waals surface area contributed by atoms with Crippen molar-refractivity contribution in [1.82, 2.24) is 0 Å². The normalized spacial score (nSPS) is 9.96. The molecular weight excluding hydrogens is 290 g/mol. The van der Waals surface area contributed by atoms with Gasteiger partial charge in [0, 0.05) is 0 Å². The van der Waals surface area contributed by atoms with E-state index >= 15 is 0 Å². The Balaban J connectivity index is 1.74. The predicted molar refractivity (Wildman–Crippen MR) is 87.0 cm³/mol. The molecule has 2 aromatic carbocycles. The zero-order chi connectivity index (χ0) is 16.7. The Morgan fingerprint density at radius 2 is 1.87 bits per heavy atom. The van der Waals surface area contributed by atoms with Gasteiger partial charge in [-0.15, -0.1) is 0 Å². The summed E-state index contributed by atoms with van der Waals surface area (Å²) in [4.78, 5) is 11.7. The molecule has 0 radical (unpaired) electrons. The van der Waals surface area contributed by atoms with Gasteiger partial charge in [-0.05, 0) is 48.7 Å². The monoisotopic (exact) mass is 309 g/mol. The van der Waals surface area contributed by atoms with Crippen molar-refractivity contribution in [1.29, 1.82) is 5.26 Å². The summed E-state index contributed by atoms with van der Waals surface area (Å²) in [6.45, 7) is 4.46. The van der Waals surface area contributed by atoms with Crippen molar-refractivity contribution in [2.24, 2.45) is 0 Å². The molecule has 0 spiro atoms. The van der Waals surface area contributed by atoms with E-state index in [1.54, 1.807) is 24.3 Å². The van der Waals surface area contributed by atoms with Crippen LogP contribution in [0.3, 0.4) is 0 Å². The van der Waals surface area contributed by atoms with Crippen LogP contribution in [-0.2, 0) is 16.1 Å². The first-order chi connectivity index (χ1) is 11.1. The van der Waals surface area contributed by atoms with Gasteiger partial charge in [-0.3, -0.25) is 4.79 Å². The molecule has 118 valence electrons. The third-order valence-electron chi connectivity index (χ3n) is 3.39. The molecule has 2 aromatic rings. The fourth-order valence-electron chi connectivity index (χ4n) is 2.02. The number of benzene rings is 2. The number of ether oxygens (including phenoxy) is 2. The molecule has 4 nitrogen and oxygen atoms in total. The number of carbonyl (C=O) groups excluding carboxylic acids is 1. The number of hydrogen-bond acceptors (Lipinski definition) is 4. The number of aryl methyl sites for hydroxylation is 2. The van der Waals surface area contributed by atoms with E-state index in [-0.39, 0.29) is 25.6 Å². The van der Waals surface area contributed by atoms with Gasteiger partial charge in [0.25, 0.3) is 0 Å². The van der Waals surface area contributed by atoms with Gasteiger partial charge in [-0.2, -0.15) is 5.26 Å². The average molecular weight is 309 g/mol. The molecule has 0 saturated heterocycles. The molecule has 0 N–H and O–H groups in total. The number of esters is 1. The number of rotatable bonds is 6. The SMILES string of the molecule is Cc1ccc(C)c(OCCC(=O)OCc2ccc(C#N)cc2)c1. The van der Waals surface area contributed by atoms with Crippen LogP contribution in [0.15, 0.2) is 42.5 Å². The lowest BCUT2D eigenvalue weighted by atomic mass is 10.1. The van der Waals surface area contributed by atoms with E-state index in [1.165, 1.54) is 0 Å². The summed E-state index contributed by atoms with van der Waals surface area (Å²) in [6, 6.07) is 15.0. The second-order valence-electron chi connectivity index (χ2n) is 5.34. The molecule has 4 heteroatoms. The predicted octanol–water partition coefficient (Wildman–Crippen LogP) is 3.69. The van der Waals surface area contributed by atoms with Crippen molar-refractivity contribution in [3.63, 3.8) is 0 Å². The maximum absolute atomic E-state index is 11.7. The molecule has 0 aliphatic heterocycles. The van der Waals surface area contributed by atoms with Crippen molar-refractivity contribution in [2.45, 2.75) is 26.9 Å². The summed E-state index contributed by atoms with van der Waals surface area (Å²) in [5, 5.41) is 8.73. The van der Waals surface area contributed by atoms with Gasteiger partial charge in [0.2, 0.25) is 0 Å². The molecule has 0 aliphatic rings. The van der Waals surface area contributed by atoms with Gasteiger partial charge in [-0.25, -0.2) is 0 Å². The summed E-state index contributed by atoms with van der Waals surface area (Å²) < 4.78 is 10.8. The first-order valence-electron chi connectivity index (χ1n) is 7.43. The molecule has 0 saturated carbocycles. The van der Waals surface area contributed by atoms with Crippen LogP contribution in [0.1, 0.15) is 28.7 Å². The van der Waals surface area contributed by atoms with Crippen molar-refractivity contribution in [3.05, 3.63) is 64.7 Å². The van der Waals surface area contributed by atoms with E-state index in [9.17, 15) is 4.79 Å². The maximum atomic E-state index is 11.7. The van der Waals surface area contributed by atoms with E-state index < -0.39 is 0 Å². The van der Waals surface area contributed by atoms with Gasteiger partial charge in [-0.1, -0.05) is 24.3 Å². The van der Waals surface area contributed by atoms with Crippen LogP contribution in [0.2, 0.25) is 0 Å². The molecule has 0 aliphatic carbocycles. The van der Waals surface area contributed by atoms with Crippen LogP contribution in [0.4, 0.5) is 0 Å². The Bertz CT molecular complexity index is 714. The molecule has 0 bridgehead atoms. The van der Waals surface area contributed by atoms with Crippen LogP contribution >= 0.6 is 0 Å². The molecule has 0 unspecified atom stereocenters. The quantitative estimate of drug-likeness (QED) is 0.764. The third kappa shape index (κ3) is 5.15. The Hall–Kier alpha value is -2.80. The molecule has 23 heavy (non-hydrogen) atoms. The van der Waals surface area contributed by atoms with Gasteiger partial charge in [0.05, 0.1) is 24.7 Å². The minimum Gasteiger partial charge on any atom is -0.493 e. The third-order valence-corrected chi connectivity index (χ3v) is 3.39. The van der Waals surface area contributed by atoms with Crippen molar-refractivity contribution >= 4 is 5.97 Å². The molecule has 2 rings (SSSR count). The van der Waals surface area contributed by atoms with Crippen molar-refractivity contribution < 1.29 is 14.3 Å². The zero-order valence-corrected chi connectivity index (χ0v) is 13.3. The lowest BCUT2D eigenvalue weighted by Crippen LogP contribution is -2.10. The average Bonchev–Trinajstić information content (AvgIpc) is 2.56. The second kappa shape index (κ2) is 8.00. The van der Waals surface area contributed by atoms with Crippen molar-refractivity contribution in [2.75, 3.05) is 6.61 Å². The Kier molecular flexibility index (Phi) is 5.76. The van der Waals surface area contributed by atoms with Gasteiger partial charge >= 0.3 is 5.97 Å². The minimum atomic E-state index is -0.306. The molecule has 0 heterocycles. The smallest absolute Gasteiger partial charge is 0.309 e. The lowest BCUT2D eigenvalue weighted by molar-refractivity contribution is -0.145. The highest BCUT2D eigenvalue weighted by Gasteiger charge is 2.06. The first-order valence-corrected chi connectivity index (χ1v) is 7.43. The highest BCUT2D eigenvalue weighted by atomic mass is 16.5. The summed E-state index contributed by atoms with van der Waals surface area (Å²) in [5.74, 6) is 0.490. The van der Waals surface area contributed by atoms with E-state index in [1.807, 2.05) is 38.1 Å². The Labute approximate surface area is 136 Å². The fraction of sp³-hybridized carbons (Fsp3) is 0.263. The fourth-order valence-corrected chi connectivity index (χ4v) is 2.02. The zero-order valence-electron chi connectivity index (χ0n) is 13.3. The second-order valence-corrected chi connectivity index (χ2v) is 5.34. The molecule has 0 amide bonds. The number of hydrogen-bond donors (Lipinski definition) is 0. The largest absolute Gasteiger partial charge is 0.493 e. The van der Waals surface area contributed by atoms with Crippen LogP contribution in [0, 0.1) is 25.2 Å². The molecule has 0 atom stereocenters. The Morgan fingerprint density at radius 3 is 2.57 bits per heavy atom. The van der Waals surface area contributed by atoms with Crippen LogP contribution < -0.4 is 4.74 Å². The molecule has 0 aromatic heterocycles. The Morgan fingerprint density at radius 1 is 1.13 bits per heavy atom. The van der Waals surface area contributed by atoms with Crippen LogP contribution in [0.25, 0.3) is 0 Å². The van der Waals surface area contributed by atoms with Gasteiger partial charge in [0.15, 0.2) is 0 Å². The highest BCUT2D eigenvalue weighted by Crippen LogP contribution is 2.19.